The Morgan fingerprint density at radius 1 is 1.21 bits per heavy atom. The van der Waals surface area contributed by atoms with Crippen LogP contribution in [0.25, 0.3) is 10.9 Å². The topological polar surface area (TPSA) is 84.5 Å². The van der Waals surface area contributed by atoms with Crippen LogP contribution >= 0.6 is 0 Å². The van der Waals surface area contributed by atoms with Gasteiger partial charge in [-0.3, -0.25) is 9.59 Å². The Bertz CT molecular complexity index is 970. The van der Waals surface area contributed by atoms with Crippen molar-refractivity contribution in [2.75, 3.05) is 20.8 Å². The Morgan fingerprint density at radius 2 is 1.97 bits per heavy atom. The van der Waals surface area contributed by atoms with Crippen molar-refractivity contribution in [3.63, 3.8) is 0 Å². The molecule has 156 valence electrons. The summed E-state index contributed by atoms with van der Waals surface area (Å²) in [5, 5.41) is 0.433. The second kappa shape index (κ2) is 8.05. The summed E-state index contributed by atoms with van der Waals surface area (Å²) in [4.78, 5) is 34.7. The summed E-state index contributed by atoms with van der Waals surface area (Å²) in [6, 6.07) is 3.32. The first-order valence-electron chi connectivity index (χ1n) is 10.4. The van der Waals surface area contributed by atoms with Crippen LogP contribution in [0.4, 0.5) is 0 Å². The number of ether oxygens (including phenoxy) is 2. The van der Waals surface area contributed by atoms with Gasteiger partial charge in [-0.2, -0.15) is 0 Å². The first-order chi connectivity index (χ1) is 14.0. The predicted octanol–water partition coefficient (Wildman–Crippen LogP) is 3.12. The van der Waals surface area contributed by atoms with Crippen LogP contribution in [0.5, 0.6) is 11.5 Å². The van der Waals surface area contributed by atoms with E-state index < -0.39 is 0 Å². The van der Waals surface area contributed by atoms with Crippen molar-refractivity contribution in [1.82, 2.24) is 14.9 Å². The van der Waals surface area contributed by atoms with Crippen molar-refractivity contribution < 1.29 is 14.3 Å². The second-order valence-electron chi connectivity index (χ2n) is 8.28. The average Bonchev–Trinajstić information content (AvgIpc) is 3.34. The molecule has 2 fully saturated rings. The Labute approximate surface area is 170 Å². The SMILES string of the molecule is CCN(Cc1nc2cc(OC)c(OC)cc2c(=O)[nH]1)C(=O)CC1CC2CCC1C2. The van der Waals surface area contributed by atoms with Crippen molar-refractivity contribution in [2.24, 2.45) is 17.8 Å². The molecular formula is C22H29N3O4. The van der Waals surface area contributed by atoms with Crippen molar-refractivity contribution in [2.45, 2.75) is 45.6 Å². The minimum atomic E-state index is -0.248. The first-order valence-corrected chi connectivity index (χ1v) is 10.4. The van der Waals surface area contributed by atoms with Crippen molar-refractivity contribution in [3.8, 4) is 11.5 Å². The standard InChI is InChI=1S/C22H29N3O4/c1-4-25(21(26)9-15-8-13-5-6-14(15)7-13)12-20-23-17-11-19(29-3)18(28-2)10-16(17)22(27)24-20/h10-11,13-15H,4-9,12H2,1-3H3,(H,23,24,27). The molecule has 1 heterocycles. The number of amides is 1. The van der Waals surface area contributed by atoms with E-state index in [0.29, 0.717) is 53.7 Å². The normalized spacial score (nSPS) is 22.8. The molecule has 4 rings (SSSR count). The molecular weight excluding hydrogens is 370 g/mol. The maximum Gasteiger partial charge on any atom is 0.258 e. The van der Waals surface area contributed by atoms with Crippen LogP contribution in [-0.4, -0.2) is 41.5 Å². The Morgan fingerprint density at radius 3 is 2.59 bits per heavy atom. The highest BCUT2D eigenvalue weighted by atomic mass is 16.5. The maximum atomic E-state index is 12.9. The van der Waals surface area contributed by atoms with E-state index in [4.69, 9.17) is 9.47 Å². The van der Waals surface area contributed by atoms with E-state index in [0.717, 1.165) is 11.8 Å². The van der Waals surface area contributed by atoms with E-state index in [-0.39, 0.29) is 11.5 Å². The van der Waals surface area contributed by atoms with E-state index in [9.17, 15) is 9.59 Å². The number of hydrogen-bond acceptors (Lipinski definition) is 5. The fraction of sp³-hybridized carbons (Fsp3) is 0.591. The van der Waals surface area contributed by atoms with E-state index in [2.05, 4.69) is 9.97 Å². The number of benzene rings is 1. The maximum absolute atomic E-state index is 12.9. The van der Waals surface area contributed by atoms with Gasteiger partial charge in [0.25, 0.3) is 5.56 Å². The summed E-state index contributed by atoms with van der Waals surface area (Å²) >= 11 is 0. The Hall–Kier alpha value is -2.57. The summed E-state index contributed by atoms with van der Waals surface area (Å²) in [5.41, 5.74) is 0.278. The van der Waals surface area contributed by atoms with E-state index in [1.165, 1.54) is 32.8 Å². The molecule has 2 saturated carbocycles. The third-order valence-electron chi connectivity index (χ3n) is 6.66. The van der Waals surface area contributed by atoms with Crippen molar-refractivity contribution >= 4 is 16.8 Å². The van der Waals surface area contributed by atoms with Crippen LogP contribution in [0.15, 0.2) is 16.9 Å². The molecule has 0 radical (unpaired) electrons. The number of methoxy groups -OCH3 is 2. The molecule has 2 aliphatic rings. The van der Waals surface area contributed by atoms with Crippen LogP contribution < -0.4 is 15.0 Å². The average molecular weight is 399 g/mol. The molecule has 2 bridgehead atoms. The summed E-state index contributed by atoms with van der Waals surface area (Å²) in [6.07, 6.45) is 5.72. The van der Waals surface area contributed by atoms with Crippen molar-refractivity contribution in [3.05, 3.63) is 28.3 Å². The summed E-state index contributed by atoms with van der Waals surface area (Å²) in [6.45, 7) is 2.86. The number of carbonyl (C=O) groups excluding carboxylic acids is 1. The molecule has 0 spiro atoms. The van der Waals surface area contributed by atoms with E-state index in [1.807, 2.05) is 6.92 Å². The van der Waals surface area contributed by atoms with Gasteiger partial charge in [0.1, 0.15) is 5.82 Å². The summed E-state index contributed by atoms with van der Waals surface area (Å²) in [5.74, 6) is 3.72. The number of nitrogens with one attached hydrogen (secondary N) is 1. The van der Waals surface area contributed by atoms with Gasteiger partial charge in [-0.05, 0) is 50.0 Å². The molecule has 1 aromatic heterocycles. The molecule has 2 aromatic rings. The first kappa shape index (κ1) is 19.7. The third-order valence-corrected chi connectivity index (χ3v) is 6.66. The molecule has 0 saturated heterocycles. The van der Waals surface area contributed by atoms with Crippen molar-refractivity contribution in [1.29, 1.82) is 0 Å². The van der Waals surface area contributed by atoms with Gasteiger partial charge in [0.2, 0.25) is 5.91 Å². The molecule has 2 aliphatic carbocycles. The molecule has 7 nitrogen and oxygen atoms in total. The number of fused-ring (bicyclic) bond motifs is 3. The number of rotatable bonds is 7. The molecule has 7 heteroatoms. The number of hydrogen-bond donors (Lipinski definition) is 1. The molecule has 1 amide bonds. The van der Waals surface area contributed by atoms with Gasteiger partial charge in [-0.1, -0.05) is 6.42 Å². The van der Waals surface area contributed by atoms with Crippen LogP contribution in [-0.2, 0) is 11.3 Å². The lowest BCUT2D eigenvalue weighted by atomic mass is 9.86. The summed E-state index contributed by atoms with van der Waals surface area (Å²) < 4.78 is 10.6. The Kier molecular flexibility index (Phi) is 5.48. The minimum Gasteiger partial charge on any atom is -0.493 e. The molecule has 3 unspecified atom stereocenters. The highest BCUT2D eigenvalue weighted by molar-refractivity contribution is 5.82. The zero-order valence-corrected chi connectivity index (χ0v) is 17.4. The zero-order chi connectivity index (χ0) is 20.5. The number of aromatic amines is 1. The fourth-order valence-electron chi connectivity index (χ4n) is 5.13. The lowest BCUT2D eigenvalue weighted by Crippen LogP contribution is -2.33. The van der Waals surface area contributed by atoms with Crippen LogP contribution in [0.2, 0.25) is 0 Å². The Balaban J connectivity index is 1.53. The number of carbonyl (C=O) groups is 1. The molecule has 1 aromatic carbocycles. The van der Waals surface area contributed by atoms with E-state index in [1.54, 1.807) is 24.1 Å². The molecule has 3 atom stereocenters. The van der Waals surface area contributed by atoms with Gasteiger partial charge in [0.15, 0.2) is 11.5 Å². The predicted molar refractivity (Wildman–Crippen MR) is 110 cm³/mol. The molecule has 1 N–H and O–H groups in total. The molecule has 29 heavy (non-hydrogen) atoms. The van der Waals surface area contributed by atoms with E-state index >= 15 is 0 Å². The minimum absolute atomic E-state index is 0.153. The van der Waals surface area contributed by atoms with Gasteiger partial charge >= 0.3 is 0 Å². The largest absolute Gasteiger partial charge is 0.493 e. The zero-order valence-electron chi connectivity index (χ0n) is 17.4. The van der Waals surface area contributed by atoms with Gasteiger partial charge in [0, 0.05) is 19.0 Å². The number of H-pyrrole nitrogens is 1. The molecule has 0 aliphatic heterocycles. The monoisotopic (exact) mass is 399 g/mol. The second-order valence-corrected chi connectivity index (χ2v) is 8.28. The third kappa shape index (κ3) is 3.82. The summed E-state index contributed by atoms with van der Waals surface area (Å²) in [7, 11) is 3.07. The lowest BCUT2D eigenvalue weighted by molar-refractivity contribution is -0.133. The number of aromatic nitrogens is 2. The highest BCUT2D eigenvalue weighted by Crippen LogP contribution is 2.49. The van der Waals surface area contributed by atoms with Crippen LogP contribution in [0.3, 0.4) is 0 Å². The smallest absolute Gasteiger partial charge is 0.258 e. The number of nitrogens with zero attached hydrogens (tertiary/aromatic N) is 2. The lowest BCUT2D eigenvalue weighted by Gasteiger charge is -2.26. The van der Waals surface area contributed by atoms with Crippen LogP contribution in [0, 0.1) is 17.8 Å². The van der Waals surface area contributed by atoms with Gasteiger partial charge < -0.3 is 19.4 Å². The van der Waals surface area contributed by atoms with Crippen LogP contribution in [0.1, 0.15) is 44.9 Å². The highest BCUT2D eigenvalue weighted by Gasteiger charge is 2.40. The van der Waals surface area contributed by atoms with Gasteiger partial charge in [-0.15, -0.1) is 0 Å². The van der Waals surface area contributed by atoms with Gasteiger partial charge in [0.05, 0.1) is 31.7 Å². The van der Waals surface area contributed by atoms with Gasteiger partial charge in [-0.25, -0.2) is 4.98 Å². The quantitative estimate of drug-likeness (QED) is 0.773. The fourth-order valence-corrected chi connectivity index (χ4v) is 5.13.